The van der Waals surface area contributed by atoms with E-state index < -0.39 is 0 Å². The highest BCUT2D eigenvalue weighted by Gasteiger charge is 2.20. The SMILES string of the molecule is CCCOCCOc1ccc2c(c1)CCn1c-2cc(OCC[C@H]2COCCO2)nc1=O. The van der Waals surface area contributed by atoms with E-state index in [-0.39, 0.29) is 11.8 Å². The summed E-state index contributed by atoms with van der Waals surface area (Å²) < 4.78 is 29.8. The van der Waals surface area contributed by atoms with E-state index in [9.17, 15) is 4.79 Å². The molecule has 1 saturated heterocycles. The van der Waals surface area contributed by atoms with Crippen molar-refractivity contribution in [2.75, 3.05) is 46.2 Å². The van der Waals surface area contributed by atoms with Gasteiger partial charge in [-0.3, -0.25) is 4.57 Å². The van der Waals surface area contributed by atoms with Crippen LogP contribution >= 0.6 is 0 Å². The highest BCUT2D eigenvalue weighted by molar-refractivity contribution is 5.67. The summed E-state index contributed by atoms with van der Waals surface area (Å²) in [5.74, 6) is 1.16. The molecule has 3 heterocycles. The Morgan fingerprint density at radius 2 is 2.06 bits per heavy atom. The van der Waals surface area contributed by atoms with E-state index >= 15 is 0 Å². The predicted octanol–water partition coefficient (Wildman–Crippen LogP) is 2.46. The number of rotatable bonds is 10. The Labute approximate surface area is 182 Å². The molecule has 0 amide bonds. The zero-order valence-corrected chi connectivity index (χ0v) is 18.0. The first kappa shape index (κ1) is 21.8. The third kappa shape index (κ3) is 5.64. The first-order valence-electron chi connectivity index (χ1n) is 11.0. The van der Waals surface area contributed by atoms with Gasteiger partial charge in [0.25, 0.3) is 0 Å². The fourth-order valence-electron chi connectivity index (χ4n) is 3.81. The molecule has 0 bridgehead atoms. The second-order valence-electron chi connectivity index (χ2n) is 7.65. The quantitative estimate of drug-likeness (QED) is 0.536. The standard InChI is InChI=1S/C23H30N2O6/c1-2-8-27-10-12-29-18-3-4-20-17(14-18)5-7-25-21(20)15-22(24-23(25)26)31-9-6-19-16-28-11-13-30-19/h3-4,14-15,19H,2,5-13,16H2,1H3/t19-/m0/s1. The molecule has 1 aromatic heterocycles. The maximum Gasteiger partial charge on any atom is 0.351 e. The van der Waals surface area contributed by atoms with Gasteiger partial charge in [0.05, 0.1) is 44.8 Å². The van der Waals surface area contributed by atoms with Gasteiger partial charge in [-0.25, -0.2) is 4.79 Å². The topological polar surface area (TPSA) is 81.0 Å². The number of nitrogens with zero attached hydrogens (tertiary/aromatic N) is 2. The summed E-state index contributed by atoms with van der Waals surface area (Å²) in [6.45, 7) is 6.76. The van der Waals surface area contributed by atoms with Gasteiger partial charge in [0.15, 0.2) is 0 Å². The molecule has 2 aromatic rings. The van der Waals surface area contributed by atoms with E-state index in [4.69, 9.17) is 23.7 Å². The van der Waals surface area contributed by atoms with Gasteiger partial charge in [-0.05, 0) is 36.6 Å². The Morgan fingerprint density at radius 1 is 1.13 bits per heavy atom. The van der Waals surface area contributed by atoms with Crippen LogP contribution in [0.15, 0.2) is 29.1 Å². The minimum atomic E-state index is -0.288. The van der Waals surface area contributed by atoms with Crippen LogP contribution in [0.2, 0.25) is 0 Å². The van der Waals surface area contributed by atoms with Crippen LogP contribution in [0.25, 0.3) is 11.3 Å². The Hall–Kier alpha value is -2.42. The third-order valence-corrected chi connectivity index (χ3v) is 5.36. The van der Waals surface area contributed by atoms with Gasteiger partial charge < -0.3 is 23.7 Å². The van der Waals surface area contributed by atoms with E-state index in [1.165, 1.54) is 0 Å². The maximum atomic E-state index is 12.5. The van der Waals surface area contributed by atoms with Crippen LogP contribution in [0, 0.1) is 0 Å². The monoisotopic (exact) mass is 430 g/mol. The van der Waals surface area contributed by atoms with Gasteiger partial charge in [0, 0.05) is 31.2 Å². The molecule has 2 aliphatic rings. The molecule has 1 fully saturated rings. The molecular formula is C23H30N2O6. The molecule has 4 rings (SSSR count). The van der Waals surface area contributed by atoms with Crippen molar-refractivity contribution in [3.05, 3.63) is 40.3 Å². The highest BCUT2D eigenvalue weighted by atomic mass is 16.6. The number of fused-ring (bicyclic) bond motifs is 3. The molecule has 168 valence electrons. The van der Waals surface area contributed by atoms with Gasteiger partial charge >= 0.3 is 5.69 Å². The van der Waals surface area contributed by atoms with Crippen LogP contribution in [0.1, 0.15) is 25.3 Å². The summed E-state index contributed by atoms with van der Waals surface area (Å²) in [7, 11) is 0. The molecule has 0 saturated carbocycles. The summed E-state index contributed by atoms with van der Waals surface area (Å²) in [5.41, 5.74) is 2.70. The molecule has 1 atom stereocenters. The summed E-state index contributed by atoms with van der Waals surface area (Å²) >= 11 is 0. The Bertz CT molecular complexity index is 923. The van der Waals surface area contributed by atoms with Gasteiger partial charge in [-0.1, -0.05) is 6.92 Å². The zero-order valence-electron chi connectivity index (χ0n) is 18.0. The lowest BCUT2D eigenvalue weighted by molar-refractivity contribution is -0.0936. The van der Waals surface area contributed by atoms with Crippen molar-refractivity contribution in [3.63, 3.8) is 0 Å². The zero-order chi connectivity index (χ0) is 21.5. The minimum absolute atomic E-state index is 0.0268. The molecule has 0 unspecified atom stereocenters. The second-order valence-corrected chi connectivity index (χ2v) is 7.65. The lowest BCUT2D eigenvalue weighted by atomic mass is 9.97. The van der Waals surface area contributed by atoms with E-state index in [0.717, 1.165) is 42.0 Å². The molecule has 0 N–H and O–H groups in total. The number of ether oxygens (including phenoxy) is 5. The first-order chi connectivity index (χ1) is 15.2. The van der Waals surface area contributed by atoms with Crippen molar-refractivity contribution >= 4 is 0 Å². The third-order valence-electron chi connectivity index (χ3n) is 5.36. The van der Waals surface area contributed by atoms with Crippen molar-refractivity contribution in [3.8, 4) is 22.9 Å². The molecule has 0 radical (unpaired) electrons. The van der Waals surface area contributed by atoms with Crippen molar-refractivity contribution in [2.45, 2.75) is 38.8 Å². The number of hydrogen-bond acceptors (Lipinski definition) is 7. The van der Waals surface area contributed by atoms with Crippen LogP contribution in [-0.2, 0) is 27.2 Å². The van der Waals surface area contributed by atoms with Gasteiger partial charge in [-0.2, -0.15) is 4.98 Å². The van der Waals surface area contributed by atoms with Crippen molar-refractivity contribution < 1.29 is 23.7 Å². The van der Waals surface area contributed by atoms with Gasteiger partial charge in [0.2, 0.25) is 5.88 Å². The summed E-state index contributed by atoms with van der Waals surface area (Å²) in [5, 5.41) is 0. The minimum Gasteiger partial charge on any atom is -0.491 e. The molecular weight excluding hydrogens is 400 g/mol. The number of benzene rings is 1. The lowest BCUT2D eigenvalue weighted by Crippen LogP contribution is -2.30. The summed E-state index contributed by atoms with van der Waals surface area (Å²) in [6.07, 6.45) is 2.48. The molecule has 2 aliphatic heterocycles. The molecule has 0 spiro atoms. The Balaban J connectivity index is 1.42. The van der Waals surface area contributed by atoms with Gasteiger partial charge in [-0.15, -0.1) is 0 Å². The summed E-state index contributed by atoms with van der Waals surface area (Å²) in [4.78, 5) is 16.6. The van der Waals surface area contributed by atoms with Crippen LogP contribution in [0.3, 0.4) is 0 Å². The number of aryl methyl sites for hydroxylation is 1. The van der Waals surface area contributed by atoms with E-state index in [2.05, 4.69) is 11.9 Å². The molecule has 1 aromatic carbocycles. The molecule has 0 aliphatic carbocycles. The number of hydrogen-bond donors (Lipinski definition) is 0. The summed E-state index contributed by atoms with van der Waals surface area (Å²) in [6, 6.07) is 7.82. The van der Waals surface area contributed by atoms with Crippen LogP contribution in [0.5, 0.6) is 11.6 Å². The fourth-order valence-corrected chi connectivity index (χ4v) is 3.81. The fraction of sp³-hybridized carbons (Fsp3) is 0.565. The van der Waals surface area contributed by atoms with E-state index in [1.54, 1.807) is 4.57 Å². The average Bonchev–Trinajstić information content (AvgIpc) is 2.79. The predicted molar refractivity (Wildman–Crippen MR) is 115 cm³/mol. The van der Waals surface area contributed by atoms with E-state index in [0.29, 0.717) is 58.5 Å². The molecule has 31 heavy (non-hydrogen) atoms. The Kier molecular flexibility index (Phi) is 7.56. The van der Waals surface area contributed by atoms with Gasteiger partial charge in [0.1, 0.15) is 12.4 Å². The van der Waals surface area contributed by atoms with E-state index in [1.807, 2.05) is 24.3 Å². The van der Waals surface area contributed by atoms with Crippen molar-refractivity contribution in [2.24, 2.45) is 0 Å². The Morgan fingerprint density at radius 3 is 2.90 bits per heavy atom. The van der Waals surface area contributed by atoms with Crippen LogP contribution in [-0.4, -0.2) is 61.9 Å². The average molecular weight is 431 g/mol. The number of aromatic nitrogens is 2. The smallest absolute Gasteiger partial charge is 0.351 e. The first-order valence-corrected chi connectivity index (χ1v) is 11.0. The van der Waals surface area contributed by atoms with Crippen LogP contribution in [0.4, 0.5) is 0 Å². The van der Waals surface area contributed by atoms with Crippen molar-refractivity contribution in [1.82, 2.24) is 9.55 Å². The maximum absolute atomic E-state index is 12.5. The molecule has 8 heteroatoms. The van der Waals surface area contributed by atoms with Crippen LogP contribution < -0.4 is 15.2 Å². The second kappa shape index (κ2) is 10.7. The highest BCUT2D eigenvalue weighted by Crippen LogP contribution is 2.32. The lowest BCUT2D eigenvalue weighted by Gasteiger charge is -2.23. The largest absolute Gasteiger partial charge is 0.491 e. The normalized spacial score (nSPS) is 17.6. The molecule has 8 nitrogen and oxygen atoms in total. The van der Waals surface area contributed by atoms with Crippen molar-refractivity contribution in [1.29, 1.82) is 0 Å².